The number of methoxy groups -OCH3 is 1. The number of carbonyl (C=O) groups excluding carboxylic acids is 2. The van der Waals surface area contributed by atoms with Gasteiger partial charge in [0, 0.05) is 30.8 Å². The van der Waals surface area contributed by atoms with E-state index in [9.17, 15) is 19.7 Å². The lowest BCUT2D eigenvalue weighted by Gasteiger charge is -2.14. The van der Waals surface area contributed by atoms with Crippen LogP contribution in [0.2, 0.25) is 0 Å². The van der Waals surface area contributed by atoms with Gasteiger partial charge in [0.25, 0.3) is 11.6 Å². The fourth-order valence-corrected chi connectivity index (χ4v) is 4.14. The van der Waals surface area contributed by atoms with Gasteiger partial charge in [-0.15, -0.1) is 0 Å². The van der Waals surface area contributed by atoms with Gasteiger partial charge in [-0.1, -0.05) is 24.0 Å². The molecular weight excluding hydrogens is 438 g/mol. The summed E-state index contributed by atoms with van der Waals surface area (Å²) in [6.07, 6.45) is 2.35. The Bertz CT molecular complexity index is 1040. The predicted octanol–water partition coefficient (Wildman–Crippen LogP) is 4.22. The lowest BCUT2D eigenvalue weighted by molar-refractivity contribution is -0.384. The lowest BCUT2D eigenvalue weighted by Crippen LogP contribution is -2.29. The van der Waals surface area contributed by atoms with E-state index in [2.05, 4.69) is 5.32 Å². The molecular formula is C21H19N3O5S2. The number of thiocarbonyl (C=S) groups is 1. The minimum absolute atomic E-state index is 0.0161. The average molecular weight is 458 g/mol. The molecule has 0 unspecified atom stereocenters. The van der Waals surface area contributed by atoms with E-state index in [1.807, 2.05) is 0 Å². The summed E-state index contributed by atoms with van der Waals surface area (Å²) in [7, 11) is 1.57. The van der Waals surface area contributed by atoms with E-state index < -0.39 is 4.92 Å². The summed E-state index contributed by atoms with van der Waals surface area (Å²) >= 11 is 6.47. The second kappa shape index (κ2) is 10.2. The van der Waals surface area contributed by atoms with Gasteiger partial charge in [-0.3, -0.25) is 24.6 Å². The number of anilines is 1. The Hall–Kier alpha value is -3.24. The Kier molecular flexibility index (Phi) is 7.37. The van der Waals surface area contributed by atoms with Gasteiger partial charge in [-0.25, -0.2) is 0 Å². The molecule has 0 spiro atoms. The number of nitrogens with zero attached hydrogens (tertiary/aromatic N) is 2. The van der Waals surface area contributed by atoms with Crippen molar-refractivity contribution in [3.8, 4) is 5.75 Å². The summed E-state index contributed by atoms with van der Waals surface area (Å²) in [6, 6.07) is 12.9. The number of benzene rings is 2. The van der Waals surface area contributed by atoms with E-state index in [0.717, 1.165) is 0 Å². The summed E-state index contributed by atoms with van der Waals surface area (Å²) in [5, 5.41) is 13.5. The highest BCUT2D eigenvalue weighted by atomic mass is 32.2. The molecule has 0 aromatic heterocycles. The normalized spacial score (nSPS) is 14.7. The first kappa shape index (κ1) is 22.4. The zero-order valence-electron chi connectivity index (χ0n) is 16.6. The summed E-state index contributed by atoms with van der Waals surface area (Å²) in [5.74, 6) is 0.315. The summed E-state index contributed by atoms with van der Waals surface area (Å²) in [5.41, 5.74) is 1.32. The molecule has 8 nitrogen and oxygen atoms in total. The smallest absolute Gasteiger partial charge is 0.269 e. The van der Waals surface area contributed by atoms with Crippen molar-refractivity contribution in [2.45, 2.75) is 12.8 Å². The van der Waals surface area contributed by atoms with Crippen LogP contribution in [0.15, 0.2) is 53.4 Å². The SMILES string of the molecule is COc1ccc(NC(=O)CCCN2C(=O)/C(=C/c3ccc([N+](=O)[O-])cc3)SC2=S)cc1. The molecule has 10 heteroatoms. The van der Waals surface area contributed by atoms with Crippen LogP contribution < -0.4 is 10.1 Å². The highest BCUT2D eigenvalue weighted by molar-refractivity contribution is 8.26. The van der Waals surface area contributed by atoms with Crippen LogP contribution in [0.5, 0.6) is 5.75 Å². The number of rotatable bonds is 8. The molecule has 1 aliphatic rings. The van der Waals surface area contributed by atoms with Crippen LogP contribution in [0.25, 0.3) is 6.08 Å². The van der Waals surface area contributed by atoms with Crippen molar-refractivity contribution in [1.29, 1.82) is 0 Å². The molecule has 1 saturated heterocycles. The minimum atomic E-state index is -0.478. The van der Waals surface area contributed by atoms with Crippen LogP contribution in [-0.2, 0) is 9.59 Å². The number of hydrogen-bond donors (Lipinski definition) is 1. The number of carbonyl (C=O) groups is 2. The molecule has 1 fully saturated rings. The molecule has 3 rings (SSSR count). The first-order valence-corrected chi connectivity index (χ1v) is 10.5. The predicted molar refractivity (Wildman–Crippen MR) is 124 cm³/mol. The maximum atomic E-state index is 12.7. The third-order valence-electron chi connectivity index (χ3n) is 4.43. The van der Waals surface area contributed by atoms with Crippen molar-refractivity contribution in [2.75, 3.05) is 19.0 Å². The molecule has 1 heterocycles. The van der Waals surface area contributed by atoms with Gasteiger partial charge in [0.1, 0.15) is 10.1 Å². The molecule has 31 heavy (non-hydrogen) atoms. The van der Waals surface area contributed by atoms with Gasteiger partial charge < -0.3 is 10.1 Å². The third kappa shape index (κ3) is 5.89. The van der Waals surface area contributed by atoms with Crippen molar-refractivity contribution in [1.82, 2.24) is 4.90 Å². The zero-order valence-corrected chi connectivity index (χ0v) is 18.2. The maximum Gasteiger partial charge on any atom is 0.269 e. The Morgan fingerprint density at radius 1 is 1.23 bits per heavy atom. The first-order chi connectivity index (χ1) is 14.9. The van der Waals surface area contributed by atoms with E-state index in [1.54, 1.807) is 49.6 Å². The number of non-ortho nitro benzene ring substituents is 1. The largest absolute Gasteiger partial charge is 0.497 e. The number of ether oxygens (including phenoxy) is 1. The van der Waals surface area contributed by atoms with Crippen molar-refractivity contribution in [3.05, 3.63) is 69.1 Å². The number of thioether (sulfide) groups is 1. The number of nitrogens with one attached hydrogen (secondary N) is 1. The molecule has 0 saturated carbocycles. The van der Waals surface area contributed by atoms with Crippen LogP contribution in [0.1, 0.15) is 18.4 Å². The Balaban J connectivity index is 1.52. The molecule has 0 atom stereocenters. The van der Waals surface area contributed by atoms with Gasteiger partial charge in [0.05, 0.1) is 16.9 Å². The van der Waals surface area contributed by atoms with Crippen LogP contribution in [0.4, 0.5) is 11.4 Å². The van der Waals surface area contributed by atoms with Crippen molar-refractivity contribution < 1.29 is 19.2 Å². The van der Waals surface area contributed by atoms with E-state index in [1.165, 1.54) is 28.8 Å². The molecule has 0 radical (unpaired) electrons. The van der Waals surface area contributed by atoms with Crippen LogP contribution in [-0.4, -0.2) is 39.6 Å². The summed E-state index contributed by atoms with van der Waals surface area (Å²) in [4.78, 5) is 37.0. The lowest BCUT2D eigenvalue weighted by atomic mass is 10.2. The standard InChI is InChI=1S/C21H19N3O5S2/c1-29-17-10-6-15(7-11-17)22-19(25)3-2-12-23-20(26)18(31-21(23)30)13-14-4-8-16(9-5-14)24(27)28/h4-11,13H,2-3,12H2,1H3,(H,22,25)/b18-13-. The number of hydrogen-bond acceptors (Lipinski definition) is 7. The number of nitro groups is 1. The number of amides is 2. The maximum absolute atomic E-state index is 12.7. The monoisotopic (exact) mass is 457 g/mol. The molecule has 0 bridgehead atoms. The second-order valence-corrected chi connectivity index (χ2v) is 8.24. The topological polar surface area (TPSA) is 102 Å². The zero-order chi connectivity index (χ0) is 22.4. The van der Waals surface area contributed by atoms with Gasteiger partial charge in [0.15, 0.2) is 0 Å². The Morgan fingerprint density at radius 3 is 2.52 bits per heavy atom. The van der Waals surface area contributed by atoms with E-state index in [-0.39, 0.29) is 23.9 Å². The number of nitro benzene ring substituents is 1. The van der Waals surface area contributed by atoms with Crippen molar-refractivity contribution in [2.24, 2.45) is 0 Å². The van der Waals surface area contributed by atoms with E-state index >= 15 is 0 Å². The minimum Gasteiger partial charge on any atom is -0.497 e. The van der Waals surface area contributed by atoms with Gasteiger partial charge in [-0.2, -0.15) is 0 Å². The van der Waals surface area contributed by atoms with Crippen LogP contribution in [0, 0.1) is 10.1 Å². The summed E-state index contributed by atoms with van der Waals surface area (Å²) < 4.78 is 5.51. The summed E-state index contributed by atoms with van der Waals surface area (Å²) in [6.45, 7) is 0.332. The average Bonchev–Trinajstić information content (AvgIpc) is 3.02. The third-order valence-corrected chi connectivity index (χ3v) is 5.81. The molecule has 1 aliphatic heterocycles. The molecule has 2 aromatic rings. The molecule has 160 valence electrons. The molecule has 2 aromatic carbocycles. The second-order valence-electron chi connectivity index (χ2n) is 6.56. The Labute approximate surface area is 188 Å². The van der Waals surface area contributed by atoms with Gasteiger partial charge in [0.2, 0.25) is 5.91 Å². The van der Waals surface area contributed by atoms with Crippen LogP contribution >= 0.6 is 24.0 Å². The quantitative estimate of drug-likeness (QED) is 0.274. The molecule has 2 amide bonds. The highest BCUT2D eigenvalue weighted by Crippen LogP contribution is 2.33. The van der Waals surface area contributed by atoms with Gasteiger partial charge >= 0.3 is 0 Å². The Morgan fingerprint density at radius 2 is 1.90 bits per heavy atom. The van der Waals surface area contributed by atoms with Gasteiger partial charge in [-0.05, 0) is 54.5 Å². The van der Waals surface area contributed by atoms with Crippen molar-refractivity contribution in [3.63, 3.8) is 0 Å². The first-order valence-electron chi connectivity index (χ1n) is 9.31. The highest BCUT2D eigenvalue weighted by Gasteiger charge is 2.31. The fraction of sp³-hybridized carbons (Fsp3) is 0.190. The molecule has 0 aliphatic carbocycles. The van der Waals surface area contributed by atoms with E-state index in [0.29, 0.717) is 39.2 Å². The van der Waals surface area contributed by atoms with Crippen molar-refractivity contribution >= 4 is 57.6 Å². The van der Waals surface area contributed by atoms with E-state index in [4.69, 9.17) is 17.0 Å². The van der Waals surface area contributed by atoms with Crippen LogP contribution in [0.3, 0.4) is 0 Å². The fourth-order valence-electron chi connectivity index (χ4n) is 2.83. The molecule has 1 N–H and O–H groups in total.